The lowest BCUT2D eigenvalue weighted by molar-refractivity contribution is 0.0946. The SMILES string of the molecule is CSc1ccc(C)c(C(=O)NCCN2CCNCC2)c1. The van der Waals surface area contributed by atoms with Crippen molar-refractivity contribution in [1.29, 1.82) is 0 Å². The number of thioether (sulfide) groups is 1. The second-order valence-corrected chi connectivity index (χ2v) is 5.91. The molecule has 1 aromatic rings. The molecule has 2 rings (SSSR count). The van der Waals surface area contributed by atoms with Gasteiger partial charge in [0.15, 0.2) is 0 Å². The second kappa shape index (κ2) is 7.67. The molecule has 0 aliphatic carbocycles. The molecule has 20 heavy (non-hydrogen) atoms. The van der Waals surface area contributed by atoms with Gasteiger partial charge in [-0.25, -0.2) is 0 Å². The molecule has 5 heteroatoms. The van der Waals surface area contributed by atoms with E-state index in [1.165, 1.54) is 0 Å². The van der Waals surface area contributed by atoms with Crippen LogP contribution in [0.4, 0.5) is 0 Å². The fourth-order valence-electron chi connectivity index (χ4n) is 2.33. The number of benzene rings is 1. The molecule has 1 amide bonds. The molecule has 0 bridgehead atoms. The van der Waals surface area contributed by atoms with Crippen molar-refractivity contribution in [1.82, 2.24) is 15.5 Å². The number of aryl methyl sites for hydroxylation is 1. The minimum absolute atomic E-state index is 0.0357. The average Bonchev–Trinajstić information content (AvgIpc) is 2.48. The zero-order chi connectivity index (χ0) is 14.4. The number of carbonyl (C=O) groups excluding carboxylic acids is 1. The van der Waals surface area contributed by atoms with Gasteiger partial charge in [-0.3, -0.25) is 9.69 Å². The number of rotatable bonds is 5. The minimum Gasteiger partial charge on any atom is -0.351 e. The van der Waals surface area contributed by atoms with Crippen molar-refractivity contribution in [3.05, 3.63) is 29.3 Å². The Morgan fingerprint density at radius 1 is 1.40 bits per heavy atom. The van der Waals surface area contributed by atoms with Gasteiger partial charge in [-0.1, -0.05) is 6.07 Å². The maximum absolute atomic E-state index is 12.2. The fraction of sp³-hybridized carbons (Fsp3) is 0.533. The van der Waals surface area contributed by atoms with Gasteiger partial charge in [0.05, 0.1) is 0 Å². The van der Waals surface area contributed by atoms with Crippen molar-refractivity contribution in [3.63, 3.8) is 0 Å². The highest BCUT2D eigenvalue weighted by atomic mass is 32.2. The van der Waals surface area contributed by atoms with Crippen LogP contribution in [-0.2, 0) is 0 Å². The molecule has 110 valence electrons. The highest BCUT2D eigenvalue weighted by Gasteiger charge is 2.12. The smallest absolute Gasteiger partial charge is 0.251 e. The lowest BCUT2D eigenvalue weighted by atomic mass is 10.1. The molecule has 1 saturated heterocycles. The normalized spacial score (nSPS) is 16.1. The van der Waals surface area contributed by atoms with Gasteiger partial charge in [0.2, 0.25) is 0 Å². The van der Waals surface area contributed by atoms with Crippen molar-refractivity contribution in [2.75, 3.05) is 45.5 Å². The summed E-state index contributed by atoms with van der Waals surface area (Å²) < 4.78 is 0. The van der Waals surface area contributed by atoms with Gasteiger partial charge in [-0.05, 0) is 30.9 Å². The van der Waals surface area contributed by atoms with Crippen molar-refractivity contribution in [3.8, 4) is 0 Å². The van der Waals surface area contributed by atoms with Gasteiger partial charge in [-0.15, -0.1) is 11.8 Å². The number of nitrogens with zero attached hydrogens (tertiary/aromatic N) is 1. The molecule has 0 atom stereocenters. The Hall–Kier alpha value is -1.04. The molecule has 0 spiro atoms. The third-order valence-corrected chi connectivity index (χ3v) is 4.34. The summed E-state index contributed by atoms with van der Waals surface area (Å²) in [6.45, 7) is 7.84. The van der Waals surface area contributed by atoms with Gasteiger partial charge in [0.1, 0.15) is 0 Å². The molecular weight excluding hydrogens is 270 g/mol. The monoisotopic (exact) mass is 293 g/mol. The van der Waals surface area contributed by atoms with E-state index in [-0.39, 0.29) is 5.91 Å². The molecule has 0 radical (unpaired) electrons. The maximum atomic E-state index is 12.2. The predicted molar refractivity (Wildman–Crippen MR) is 84.6 cm³/mol. The first kappa shape index (κ1) is 15.4. The summed E-state index contributed by atoms with van der Waals surface area (Å²) in [5.41, 5.74) is 1.82. The van der Waals surface area contributed by atoms with E-state index in [1.54, 1.807) is 11.8 Å². The van der Waals surface area contributed by atoms with E-state index >= 15 is 0 Å². The zero-order valence-corrected chi connectivity index (χ0v) is 13.1. The van der Waals surface area contributed by atoms with Crippen LogP contribution in [0.2, 0.25) is 0 Å². The summed E-state index contributed by atoms with van der Waals surface area (Å²) in [4.78, 5) is 15.7. The Morgan fingerprint density at radius 2 is 2.15 bits per heavy atom. The van der Waals surface area contributed by atoms with E-state index in [0.29, 0.717) is 6.54 Å². The first-order chi connectivity index (χ1) is 9.70. The van der Waals surface area contributed by atoms with E-state index in [0.717, 1.165) is 48.7 Å². The number of amides is 1. The van der Waals surface area contributed by atoms with Crippen LogP contribution < -0.4 is 10.6 Å². The standard InChI is InChI=1S/C15H23N3OS/c1-12-3-4-13(20-2)11-14(12)15(19)17-7-10-18-8-5-16-6-9-18/h3-4,11,16H,5-10H2,1-2H3,(H,17,19). The molecule has 4 nitrogen and oxygen atoms in total. The number of piperazine rings is 1. The molecule has 0 saturated carbocycles. The number of hydrogen-bond acceptors (Lipinski definition) is 4. The Labute approximate surface area is 125 Å². The van der Waals surface area contributed by atoms with Gasteiger partial charge in [-0.2, -0.15) is 0 Å². The Kier molecular flexibility index (Phi) is 5.88. The first-order valence-corrected chi connectivity index (χ1v) is 8.29. The van der Waals surface area contributed by atoms with E-state index in [2.05, 4.69) is 21.6 Å². The van der Waals surface area contributed by atoms with Crippen LogP contribution in [0.25, 0.3) is 0 Å². The third-order valence-electron chi connectivity index (χ3n) is 3.61. The van der Waals surface area contributed by atoms with E-state index in [9.17, 15) is 4.79 Å². The molecule has 1 heterocycles. The molecule has 0 unspecified atom stereocenters. The topological polar surface area (TPSA) is 44.4 Å². The van der Waals surface area contributed by atoms with E-state index in [1.807, 2.05) is 25.3 Å². The van der Waals surface area contributed by atoms with Crippen LogP contribution in [0, 0.1) is 6.92 Å². The summed E-state index contributed by atoms with van der Waals surface area (Å²) >= 11 is 1.66. The third kappa shape index (κ3) is 4.23. The quantitative estimate of drug-likeness (QED) is 0.805. The maximum Gasteiger partial charge on any atom is 0.251 e. The Morgan fingerprint density at radius 3 is 2.85 bits per heavy atom. The molecule has 1 aliphatic rings. The molecule has 2 N–H and O–H groups in total. The summed E-state index contributed by atoms with van der Waals surface area (Å²) in [7, 11) is 0. The number of carbonyl (C=O) groups is 1. The first-order valence-electron chi connectivity index (χ1n) is 7.06. The van der Waals surface area contributed by atoms with Crippen LogP contribution in [0.3, 0.4) is 0 Å². The van der Waals surface area contributed by atoms with Crippen LogP contribution in [0.15, 0.2) is 23.1 Å². The van der Waals surface area contributed by atoms with Crippen LogP contribution in [-0.4, -0.2) is 56.3 Å². The lowest BCUT2D eigenvalue weighted by Crippen LogP contribution is -2.46. The highest BCUT2D eigenvalue weighted by molar-refractivity contribution is 7.98. The summed E-state index contributed by atoms with van der Waals surface area (Å²) in [5, 5.41) is 6.36. The van der Waals surface area contributed by atoms with E-state index < -0.39 is 0 Å². The molecule has 1 fully saturated rings. The number of hydrogen-bond donors (Lipinski definition) is 2. The highest BCUT2D eigenvalue weighted by Crippen LogP contribution is 2.18. The fourth-order valence-corrected chi connectivity index (χ4v) is 2.77. The predicted octanol–water partition coefficient (Wildman–Crippen LogP) is 1.35. The Bertz CT molecular complexity index is 458. The van der Waals surface area contributed by atoms with E-state index in [4.69, 9.17) is 0 Å². The lowest BCUT2D eigenvalue weighted by Gasteiger charge is -2.27. The second-order valence-electron chi connectivity index (χ2n) is 5.03. The van der Waals surface area contributed by atoms with Gasteiger partial charge in [0.25, 0.3) is 5.91 Å². The van der Waals surface area contributed by atoms with Gasteiger partial charge in [0, 0.05) is 49.7 Å². The minimum atomic E-state index is 0.0357. The van der Waals surface area contributed by atoms with Crippen molar-refractivity contribution < 1.29 is 4.79 Å². The van der Waals surface area contributed by atoms with Gasteiger partial charge < -0.3 is 10.6 Å². The summed E-state index contributed by atoms with van der Waals surface area (Å²) in [6.07, 6.45) is 2.02. The average molecular weight is 293 g/mol. The largest absolute Gasteiger partial charge is 0.351 e. The Balaban J connectivity index is 1.84. The van der Waals surface area contributed by atoms with Crippen LogP contribution in [0.1, 0.15) is 15.9 Å². The van der Waals surface area contributed by atoms with Crippen molar-refractivity contribution >= 4 is 17.7 Å². The number of nitrogens with one attached hydrogen (secondary N) is 2. The van der Waals surface area contributed by atoms with Crippen molar-refractivity contribution in [2.45, 2.75) is 11.8 Å². The molecule has 1 aliphatic heterocycles. The summed E-state index contributed by atoms with van der Waals surface area (Å²) in [5.74, 6) is 0.0357. The summed E-state index contributed by atoms with van der Waals surface area (Å²) in [6, 6.07) is 6.04. The molecule has 1 aromatic carbocycles. The van der Waals surface area contributed by atoms with Crippen LogP contribution >= 0.6 is 11.8 Å². The molecule has 0 aromatic heterocycles. The zero-order valence-electron chi connectivity index (χ0n) is 12.2. The van der Waals surface area contributed by atoms with Gasteiger partial charge >= 0.3 is 0 Å². The molecular formula is C15H23N3OS. The van der Waals surface area contributed by atoms with Crippen LogP contribution in [0.5, 0.6) is 0 Å². The van der Waals surface area contributed by atoms with Crippen molar-refractivity contribution in [2.24, 2.45) is 0 Å².